The minimum Gasteiger partial charge on any atom is -0.478 e. The van der Waals surface area contributed by atoms with Crippen LogP contribution < -0.4 is 10.6 Å². The minimum absolute atomic E-state index is 0.0554. The van der Waals surface area contributed by atoms with Crippen LogP contribution in [0.4, 0.5) is 0 Å². The van der Waals surface area contributed by atoms with E-state index in [0.717, 1.165) is 43.2 Å². The number of fused-ring (bicyclic) bond motifs is 1. The Hall–Kier alpha value is -4.53. The van der Waals surface area contributed by atoms with Crippen LogP contribution in [0.15, 0.2) is 97.1 Å². The van der Waals surface area contributed by atoms with Crippen molar-refractivity contribution >= 4 is 28.6 Å². The molecular weight excluding hydrogens is 588 g/mol. The Bertz CT molecular complexity index is 1630. The largest absolute Gasteiger partial charge is 0.478 e. The number of carbonyl (C=O) groups is 3. The molecule has 4 aromatic rings. The lowest BCUT2D eigenvalue weighted by Gasteiger charge is -2.31. The summed E-state index contributed by atoms with van der Waals surface area (Å²) in [5, 5.41) is 17.6. The third-order valence-electron chi connectivity index (χ3n) is 9.64. The van der Waals surface area contributed by atoms with Gasteiger partial charge in [0, 0.05) is 43.7 Å². The summed E-state index contributed by atoms with van der Waals surface area (Å²) in [6.07, 6.45) is 5.13. The van der Waals surface area contributed by atoms with Crippen LogP contribution in [0.3, 0.4) is 0 Å². The van der Waals surface area contributed by atoms with Crippen molar-refractivity contribution in [2.24, 2.45) is 0 Å². The second kappa shape index (κ2) is 15.4. The molecule has 4 aromatic carbocycles. The summed E-state index contributed by atoms with van der Waals surface area (Å²) in [6, 6.07) is 30.6. The van der Waals surface area contributed by atoms with Crippen molar-refractivity contribution in [3.05, 3.63) is 119 Å². The molecule has 0 saturated carbocycles. The lowest BCUT2D eigenvalue weighted by molar-refractivity contribution is -0.133. The van der Waals surface area contributed by atoms with Crippen LogP contribution in [-0.4, -0.2) is 84.0 Å². The van der Waals surface area contributed by atoms with Crippen molar-refractivity contribution < 1.29 is 19.5 Å². The normalized spacial score (nSPS) is 19.1. The van der Waals surface area contributed by atoms with Gasteiger partial charge in [-0.2, -0.15) is 0 Å². The number of carboxylic acids is 1. The molecule has 2 heterocycles. The predicted molar refractivity (Wildman–Crippen MR) is 185 cm³/mol. The first kappa shape index (κ1) is 32.4. The maximum absolute atomic E-state index is 14.2. The first-order valence-electron chi connectivity index (χ1n) is 16.9. The zero-order valence-electron chi connectivity index (χ0n) is 26.8. The number of nitrogens with zero attached hydrogens (tertiary/aromatic N) is 2. The lowest BCUT2D eigenvalue weighted by atomic mass is 9.90. The van der Waals surface area contributed by atoms with Gasteiger partial charge in [-0.25, -0.2) is 4.79 Å². The highest BCUT2D eigenvalue weighted by Gasteiger charge is 2.33. The summed E-state index contributed by atoms with van der Waals surface area (Å²) in [4.78, 5) is 43.4. The molecule has 8 nitrogen and oxygen atoms in total. The fourth-order valence-corrected chi connectivity index (χ4v) is 6.96. The molecule has 0 spiro atoms. The number of aromatic carboxylic acids is 1. The van der Waals surface area contributed by atoms with E-state index in [-0.39, 0.29) is 35.4 Å². The Balaban J connectivity index is 1.17. The summed E-state index contributed by atoms with van der Waals surface area (Å²) >= 11 is 0. The summed E-state index contributed by atoms with van der Waals surface area (Å²) in [7, 11) is 0. The highest BCUT2D eigenvalue weighted by Crippen LogP contribution is 2.27. The van der Waals surface area contributed by atoms with E-state index in [1.165, 1.54) is 30.4 Å². The van der Waals surface area contributed by atoms with Crippen molar-refractivity contribution in [2.75, 3.05) is 39.3 Å². The number of carboxylic acid groups (broad SMARTS) is 1. The molecule has 0 unspecified atom stereocenters. The van der Waals surface area contributed by atoms with Crippen LogP contribution in [-0.2, 0) is 4.79 Å². The van der Waals surface area contributed by atoms with Crippen molar-refractivity contribution in [3.8, 4) is 0 Å². The zero-order chi connectivity index (χ0) is 32.6. The van der Waals surface area contributed by atoms with E-state index < -0.39 is 5.97 Å². The van der Waals surface area contributed by atoms with Crippen molar-refractivity contribution in [3.63, 3.8) is 0 Å². The van der Waals surface area contributed by atoms with Gasteiger partial charge < -0.3 is 25.5 Å². The number of nitrogens with one attached hydrogen (secondary N) is 2. The summed E-state index contributed by atoms with van der Waals surface area (Å²) < 4.78 is 0. The number of carbonyl (C=O) groups excluding carboxylic acids is 2. The summed E-state index contributed by atoms with van der Waals surface area (Å²) in [5.74, 6) is -0.990. The maximum Gasteiger partial charge on any atom is 0.335 e. The van der Waals surface area contributed by atoms with E-state index >= 15 is 0 Å². The Labute approximate surface area is 276 Å². The molecule has 0 radical (unpaired) electrons. The van der Waals surface area contributed by atoms with Crippen LogP contribution >= 0.6 is 0 Å². The summed E-state index contributed by atoms with van der Waals surface area (Å²) in [5.41, 5.74) is 3.10. The molecular formula is C39H44N4O4. The van der Waals surface area contributed by atoms with E-state index in [4.69, 9.17) is 0 Å². The molecule has 0 bridgehead atoms. The van der Waals surface area contributed by atoms with Gasteiger partial charge >= 0.3 is 5.97 Å². The first-order chi connectivity index (χ1) is 22.9. The average molecular weight is 633 g/mol. The van der Waals surface area contributed by atoms with Crippen molar-refractivity contribution in [2.45, 2.75) is 50.1 Å². The quantitative estimate of drug-likeness (QED) is 0.201. The Kier molecular flexibility index (Phi) is 10.6. The van der Waals surface area contributed by atoms with Gasteiger partial charge in [0.15, 0.2) is 0 Å². The molecule has 244 valence electrons. The third-order valence-corrected chi connectivity index (χ3v) is 9.64. The fraction of sp³-hybridized carbons (Fsp3) is 0.359. The summed E-state index contributed by atoms with van der Waals surface area (Å²) in [6.45, 7) is 4.63. The van der Waals surface area contributed by atoms with E-state index in [9.17, 15) is 19.5 Å². The van der Waals surface area contributed by atoms with Crippen LogP contribution in [0.25, 0.3) is 10.8 Å². The highest BCUT2D eigenvalue weighted by molar-refractivity contribution is 6.00. The van der Waals surface area contributed by atoms with Crippen LogP contribution in [0.1, 0.15) is 69.9 Å². The van der Waals surface area contributed by atoms with Gasteiger partial charge in [-0.05, 0) is 84.9 Å². The SMILES string of the molecule is O=C(O)c1ccc2cc(C(=O)NC[C@@H]3CCN(CC(c4ccccc4)c4ccccc4)C(=O)[C@H](CCN4CCCCC4)N3)ccc2c1. The standard InChI is InChI=1S/C39H44N4O4/c44-37(32-16-14-31-25-33(39(46)47)17-15-30(31)24-32)40-26-34-18-23-43(38(45)36(41-34)19-22-42-20-8-3-9-21-42)27-35(28-10-4-1-5-11-28)29-12-6-2-7-13-29/h1-2,4-7,10-17,24-25,34-36,41H,3,8-9,18-23,26-27H2,(H,40,44)(H,46,47)/t34-,36-/m0/s1. The van der Waals surface area contributed by atoms with Crippen LogP contribution in [0.5, 0.6) is 0 Å². The number of amides is 2. The molecule has 2 fully saturated rings. The molecule has 0 aliphatic carbocycles. The molecule has 47 heavy (non-hydrogen) atoms. The fourth-order valence-electron chi connectivity index (χ4n) is 6.96. The van der Waals surface area contributed by atoms with Gasteiger partial charge in [0.1, 0.15) is 0 Å². The Morgan fingerprint density at radius 1 is 0.809 bits per heavy atom. The molecule has 2 aliphatic heterocycles. The minimum atomic E-state index is -0.980. The second-order valence-electron chi connectivity index (χ2n) is 12.8. The van der Waals surface area contributed by atoms with Crippen LogP contribution in [0.2, 0.25) is 0 Å². The zero-order valence-corrected chi connectivity index (χ0v) is 26.8. The molecule has 8 heteroatoms. The topological polar surface area (TPSA) is 102 Å². The van der Waals surface area contributed by atoms with Crippen molar-refractivity contribution in [1.29, 1.82) is 0 Å². The van der Waals surface area contributed by atoms with E-state index in [1.807, 2.05) is 17.0 Å². The number of rotatable bonds is 11. The van der Waals surface area contributed by atoms with Gasteiger partial charge in [0.25, 0.3) is 5.91 Å². The van der Waals surface area contributed by atoms with Gasteiger partial charge in [-0.15, -0.1) is 0 Å². The maximum atomic E-state index is 14.2. The third kappa shape index (κ3) is 8.25. The van der Waals surface area contributed by atoms with Gasteiger partial charge in [-0.3, -0.25) is 9.59 Å². The number of benzene rings is 4. The molecule has 2 atom stereocenters. The highest BCUT2D eigenvalue weighted by atomic mass is 16.4. The number of likely N-dealkylation sites (tertiary alicyclic amines) is 1. The number of hydrogen-bond donors (Lipinski definition) is 3. The Morgan fingerprint density at radius 2 is 1.43 bits per heavy atom. The lowest BCUT2D eigenvalue weighted by Crippen LogP contribution is -2.50. The number of hydrogen-bond acceptors (Lipinski definition) is 5. The number of piperidine rings is 1. The molecule has 2 aliphatic rings. The molecule has 6 rings (SSSR count). The predicted octanol–water partition coefficient (Wildman–Crippen LogP) is 5.54. The molecule has 0 aromatic heterocycles. The van der Waals surface area contributed by atoms with Crippen molar-refractivity contribution in [1.82, 2.24) is 20.4 Å². The average Bonchev–Trinajstić information content (AvgIpc) is 3.26. The van der Waals surface area contributed by atoms with Gasteiger partial charge in [-0.1, -0.05) is 79.2 Å². The molecule has 2 amide bonds. The Morgan fingerprint density at radius 3 is 2.06 bits per heavy atom. The van der Waals surface area contributed by atoms with E-state index in [0.29, 0.717) is 25.2 Å². The molecule has 2 saturated heterocycles. The first-order valence-corrected chi connectivity index (χ1v) is 16.9. The van der Waals surface area contributed by atoms with Gasteiger partial charge in [0.05, 0.1) is 11.6 Å². The second-order valence-corrected chi connectivity index (χ2v) is 12.8. The van der Waals surface area contributed by atoms with Crippen LogP contribution in [0, 0.1) is 0 Å². The molecule has 3 N–H and O–H groups in total. The van der Waals surface area contributed by atoms with Gasteiger partial charge in [0.2, 0.25) is 5.91 Å². The monoisotopic (exact) mass is 632 g/mol. The smallest absolute Gasteiger partial charge is 0.335 e. The van der Waals surface area contributed by atoms with E-state index in [1.54, 1.807) is 36.4 Å². The van der Waals surface area contributed by atoms with E-state index in [2.05, 4.69) is 64.1 Å².